The first-order valence-electron chi connectivity index (χ1n) is 5.48. The van der Waals surface area contributed by atoms with Crippen molar-refractivity contribution in [2.45, 2.75) is 38.5 Å². The molecular formula is C10H18N4O. The first kappa shape index (κ1) is 10.6. The van der Waals surface area contributed by atoms with Crippen molar-refractivity contribution >= 4 is 0 Å². The molecule has 0 aromatic carbocycles. The number of aromatic nitrogens is 3. The molecule has 1 fully saturated rings. The Balaban J connectivity index is 1.66. The summed E-state index contributed by atoms with van der Waals surface area (Å²) in [6.45, 7) is 3.71. The van der Waals surface area contributed by atoms with Gasteiger partial charge >= 0.3 is 0 Å². The first-order valence-corrected chi connectivity index (χ1v) is 5.48. The van der Waals surface area contributed by atoms with E-state index in [1.54, 1.807) is 10.9 Å². The van der Waals surface area contributed by atoms with Gasteiger partial charge in [0.2, 0.25) is 0 Å². The van der Waals surface area contributed by atoms with E-state index in [4.69, 9.17) is 4.74 Å². The average molecular weight is 210 g/mol. The third-order valence-electron chi connectivity index (χ3n) is 2.88. The van der Waals surface area contributed by atoms with Crippen molar-refractivity contribution in [3.63, 3.8) is 0 Å². The van der Waals surface area contributed by atoms with Crippen molar-refractivity contribution in [1.29, 1.82) is 0 Å². The van der Waals surface area contributed by atoms with Crippen molar-refractivity contribution in [1.82, 2.24) is 20.3 Å². The lowest BCUT2D eigenvalue weighted by Crippen LogP contribution is -2.45. The van der Waals surface area contributed by atoms with Crippen LogP contribution in [0.2, 0.25) is 0 Å². The van der Waals surface area contributed by atoms with Crippen molar-refractivity contribution in [3.05, 3.63) is 11.9 Å². The molecule has 0 amide bonds. The molecule has 2 rings (SSSR count). The van der Waals surface area contributed by atoms with Crippen molar-refractivity contribution in [2.24, 2.45) is 7.05 Å². The second kappa shape index (κ2) is 4.72. The molecule has 0 unspecified atom stereocenters. The molecule has 0 atom stereocenters. The Bertz CT molecular complexity index is 306. The molecule has 84 valence electrons. The van der Waals surface area contributed by atoms with Gasteiger partial charge in [-0.15, -0.1) is 5.10 Å². The minimum absolute atomic E-state index is 0.470. The molecule has 1 aliphatic carbocycles. The van der Waals surface area contributed by atoms with Crippen LogP contribution in [0.1, 0.15) is 25.5 Å². The zero-order chi connectivity index (χ0) is 10.7. The number of nitrogens with zero attached hydrogens (tertiary/aromatic N) is 3. The normalized spacial score (nSPS) is 25.2. The highest BCUT2D eigenvalue weighted by atomic mass is 16.5. The van der Waals surface area contributed by atoms with E-state index in [1.807, 2.05) is 14.0 Å². The number of ether oxygens (including phenoxy) is 1. The number of rotatable bonds is 5. The van der Waals surface area contributed by atoms with Crippen LogP contribution in [0.3, 0.4) is 0 Å². The van der Waals surface area contributed by atoms with E-state index in [0.717, 1.165) is 31.7 Å². The van der Waals surface area contributed by atoms with Gasteiger partial charge in [-0.3, -0.25) is 4.68 Å². The quantitative estimate of drug-likeness (QED) is 0.767. The topological polar surface area (TPSA) is 52.0 Å². The van der Waals surface area contributed by atoms with Crippen LogP contribution in [0, 0.1) is 0 Å². The molecule has 1 aromatic rings. The molecular weight excluding hydrogens is 192 g/mol. The zero-order valence-corrected chi connectivity index (χ0v) is 9.31. The summed E-state index contributed by atoms with van der Waals surface area (Å²) < 4.78 is 7.30. The largest absolute Gasteiger partial charge is 0.378 e. The van der Waals surface area contributed by atoms with Gasteiger partial charge < -0.3 is 10.1 Å². The summed E-state index contributed by atoms with van der Waals surface area (Å²) >= 11 is 0. The number of hydrogen-bond acceptors (Lipinski definition) is 4. The van der Waals surface area contributed by atoms with Crippen LogP contribution in [-0.4, -0.2) is 33.7 Å². The minimum atomic E-state index is 0.470. The van der Waals surface area contributed by atoms with E-state index < -0.39 is 0 Å². The van der Waals surface area contributed by atoms with Crippen LogP contribution in [0.15, 0.2) is 6.20 Å². The smallest absolute Gasteiger partial charge is 0.0738 e. The maximum Gasteiger partial charge on any atom is 0.0738 e. The summed E-state index contributed by atoms with van der Waals surface area (Å²) in [5.41, 5.74) is 1.12. The van der Waals surface area contributed by atoms with Crippen LogP contribution < -0.4 is 5.32 Å². The summed E-state index contributed by atoms with van der Waals surface area (Å²) in [7, 11) is 1.91. The molecule has 5 heteroatoms. The monoisotopic (exact) mass is 210 g/mol. The zero-order valence-electron chi connectivity index (χ0n) is 9.31. The lowest BCUT2D eigenvalue weighted by Gasteiger charge is -2.35. The number of hydrogen-bond donors (Lipinski definition) is 1. The van der Waals surface area contributed by atoms with Gasteiger partial charge in [0.05, 0.1) is 18.0 Å². The third kappa shape index (κ3) is 2.54. The summed E-state index contributed by atoms with van der Waals surface area (Å²) in [4.78, 5) is 0. The molecule has 0 spiro atoms. The van der Waals surface area contributed by atoms with E-state index in [-0.39, 0.29) is 0 Å². The highest BCUT2D eigenvalue weighted by Gasteiger charge is 2.28. The highest BCUT2D eigenvalue weighted by Crippen LogP contribution is 2.23. The molecule has 1 N–H and O–H groups in total. The molecule has 5 nitrogen and oxygen atoms in total. The molecule has 0 bridgehead atoms. The Labute approximate surface area is 89.8 Å². The van der Waals surface area contributed by atoms with Crippen LogP contribution in [0.25, 0.3) is 0 Å². The van der Waals surface area contributed by atoms with Gasteiger partial charge in [-0.1, -0.05) is 5.21 Å². The SMILES string of the molecule is CCOC1CC(NCc2cnnn2C)C1. The Morgan fingerprint density at radius 2 is 2.40 bits per heavy atom. The van der Waals surface area contributed by atoms with Crippen LogP contribution in [0.4, 0.5) is 0 Å². The molecule has 15 heavy (non-hydrogen) atoms. The highest BCUT2D eigenvalue weighted by molar-refractivity contribution is 4.95. The lowest BCUT2D eigenvalue weighted by molar-refractivity contribution is -0.0103. The molecule has 1 aromatic heterocycles. The molecule has 0 radical (unpaired) electrons. The van der Waals surface area contributed by atoms with Gasteiger partial charge in [0.15, 0.2) is 0 Å². The van der Waals surface area contributed by atoms with Crippen molar-refractivity contribution in [2.75, 3.05) is 6.61 Å². The third-order valence-corrected chi connectivity index (χ3v) is 2.88. The van der Waals surface area contributed by atoms with Crippen molar-refractivity contribution in [3.8, 4) is 0 Å². The van der Waals surface area contributed by atoms with E-state index in [2.05, 4.69) is 15.6 Å². The summed E-state index contributed by atoms with van der Waals surface area (Å²) in [6, 6.07) is 0.594. The molecule has 1 saturated carbocycles. The lowest BCUT2D eigenvalue weighted by atomic mass is 9.89. The van der Waals surface area contributed by atoms with Crippen molar-refractivity contribution < 1.29 is 4.74 Å². The van der Waals surface area contributed by atoms with Gasteiger partial charge in [0.25, 0.3) is 0 Å². The van der Waals surface area contributed by atoms with E-state index in [0.29, 0.717) is 12.1 Å². The fraction of sp³-hybridized carbons (Fsp3) is 0.800. The maximum absolute atomic E-state index is 5.50. The van der Waals surface area contributed by atoms with Crippen LogP contribution >= 0.6 is 0 Å². The predicted octanol–water partition coefficient (Wildman–Crippen LogP) is 0.472. The van der Waals surface area contributed by atoms with Gasteiger partial charge in [-0.2, -0.15) is 0 Å². The first-order chi connectivity index (χ1) is 7.29. The van der Waals surface area contributed by atoms with E-state index >= 15 is 0 Å². The predicted molar refractivity (Wildman–Crippen MR) is 56.3 cm³/mol. The Morgan fingerprint density at radius 1 is 1.60 bits per heavy atom. The van der Waals surface area contributed by atoms with Gasteiger partial charge in [0, 0.05) is 26.2 Å². The fourth-order valence-electron chi connectivity index (χ4n) is 1.82. The van der Waals surface area contributed by atoms with Gasteiger partial charge in [-0.25, -0.2) is 0 Å². The minimum Gasteiger partial charge on any atom is -0.378 e. The van der Waals surface area contributed by atoms with Crippen LogP contribution in [0.5, 0.6) is 0 Å². The summed E-state index contributed by atoms with van der Waals surface area (Å²) in [5, 5.41) is 11.2. The fourth-order valence-corrected chi connectivity index (χ4v) is 1.82. The Kier molecular flexibility index (Phi) is 3.33. The second-order valence-electron chi connectivity index (χ2n) is 3.98. The maximum atomic E-state index is 5.50. The molecule has 0 saturated heterocycles. The Hall–Kier alpha value is -0.940. The number of nitrogens with one attached hydrogen (secondary N) is 1. The second-order valence-corrected chi connectivity index (χ2v) is 3.98. The Morgan fingerprint density at radius 3 is 3.00 bits per heavy atom. The summed E-state index contributed by atoms with van der Waals surface area (Å²) in [6.07, 6.45) is 4.52. The summed E-state index contributed by atoms with van der Waals surface area (Å²) in [5.74, 6) is 0. The number of aryl methyl sites for hydroxylation is 1. The molecule has 1 aliphatic rings. The van der Waals surface area contributed by atoms with Crippen LogP contribution in [-0.2, 0) is 18.3 Å². The standard InChI is InChI=1S/C10H18N4O/c1-3-15-10-4-8(5-10)11-6-9-7-12-13-14(9)2/h7-8,10-11H,3-6H2,1-2H3. The van der Waals surface area contributed by atoms with E-state index in [1.165, 1.54) is 0 Å². The molecule has 0 aliphatic heterocycles. The van der Waals surface area contributed by atoms with Gasteiger partial charge in [0.1, 0.15) is 0 Å². The van der Waals surface area contributed by atoms with E-state index in [9.17, 15) is 0 Å². The average Bonchev–Trinajstić information content (AvgIpc) is 2.55. The van der Waals surface area contributed by atoms with Gasteiger partial charge in [-0.05, 0) is 19.8 Å². The molecule has 1 heterocycles.